The average Bonchev–Trinajstić information content (AvgIpc) is 3.36. The zero-order chi connectivity index (χ0) is 15.1. The molecule has 1 aromatic rings. The monoisotopic (exact) mass is 311 g/mol. The Kier molecular flexibility index (Phi) is 3.88. The van der Waals surface area contributed by atoms with E-state index in [2.05, 4.69) is 17.0 Å². The molecule has 21 heavy (non-hydrogen) atoms. The van der Waals surface area contributed by atoms with Crippen LogP contribution in [0.5, 0.6) is 0 Å². The van der Waals surface area contributed by atoms with Crippen LogP contribution in [0.2, 0.25) is 0 Å². The minimum Gasteiger partial charge on any atom is -0.352 e. The average molecular weight is 311 g/mol. The molecule has 3 rings (SSSR count). The molecule has 5 nitrogen and oxygen atoms in total. The molecule has 2 saturated carbocycles. The summed E-state index contributed by atoms with van der Waals surface area (Å²) in [7, 11) is -1.49. The van der Waals surface area contributed by atoms with Crippen molar-refractivity contribution in [3.05, 3.63) is 18.0 Å². The molecule has 0 atom stereocenters. The van der Waals surface area contributed by atoms with Crippen LogP contribution in [0.15, 0.2) is 17.2 Å². The Bertz CT molecular complexity index is 613. The summed E-state index contributed by atoms with van der Waals surface area (Å²) in [6, 6.07) is 2.40. The van der Waals surface area contributed by atoms with Crippen LogP contribution in [0.1, 0.15) is 44.7 Å². The lowest BCUT2D eigenvalue weighted by atomic mass is 10.1. The first-order valence-electron chi connectivity index (χ1n) is 7.82. The fourth-order valence-electron chi connectivity index (χ4n) is 2.60. The Morgan fingerprint density at radius 3 is 2.67 bits per heavy atom. The fraction of sp³-hybridized carbons (Fsp3) is 0.733. The highest BCUT2D eigenvalue weighted by molar-refractivity contribution is 7.89. The zero-order valence-corrected chi connectivity index (χ0v) is 13.7. The van der Waals surface area contributed by atoms with Gasteiger partial charge in [0.1, 0.15) is 0 Å². The van der Waals surface area contributed by atoms with Gasteiger partial charge in [0.05, 0.1) is 4.90 Å². The minimum atomic E-state index is -3.39. The van der Waals surface area contributed by atoms with E-state index in [1.165, 1.54) is 12.8 Å². The second-order valence-electron chi connectivity index (χ2n) is 6.61. The first kappa shape index (κ1) is 15.1. The van der Waals surface area contributed by atoms with Crippen LogP contribution in [0.3, 0.4) is 0 Å². The largest absolute Gasteiger partial charge is 0.352 e. The van der Waals surface area contributed by atoms with Crippen LogP contribution in [0.25, 0.3) is 0 Å². The molecule has 2 aliphatic rings. The van der Waals surface area contributed by atoms with Gasteiger partial charge in [-0.25, -0.2) is 13.1 Å². The van der Waals surface area contributed by atoms with Crippen molar-refractivity contribution in [1.82, 2.24) is 14.6 Å². The molecule has 2 aliphatic carbocycles. The van der Waals surface area contributed by atoms with E-state index < -0.39 is 10.0 Å². The third-order valence-corrected chi connectivity index (χ3v) is 6.25. The number of aromatic nitrogens is 1. The topological polar surface area (TPSA) is 63.1 Å². The van der Waals surface area contributed by atoms with Gasteiger partial charge in [0.25, 0.3) is 0 Å². The van der Waals surface area contributed by atoms with Crippen molar-refractivity contribution in [2.24, 2.45) is 12.5 Å². The van der Waals surface area contributed by atoms with E-state index in [1.54, 1.807) is 12.3 Å². The summed E-state index contributed by atoms with van der Waals surface area (Å²) in [6.45, 7) is 3.43. The van der Waals surface area contributed by atoms with Crippen LogP contribution in [-0.4, -0.2) is 25.6 Å². The number of hydrogen-bond donors (Lipinski definition) is 2. The molecule has 0 unspecified atom stereocenters. The van der Waals surface area contributed by atoms with Crippen molar-refractivity contribution in [3.63, 3.8) is 0 Å². The number of nitrogens with zero attached hydrogens (tertiary/aromatic N) is 1. The summed E-state index contributed by atoms with van der Waals surface area (Å²) >= 11 is 0. The molecule has 2 fully saturated rings. The van der Waals surface area contributed by atoms with Gasteiger partial charge in [0.2, 0.25) is 10.0 Å². The van der Waals surface area contributed by atoms with Gasteiger partial charge in [0.15, 0.2) is 0 Å². The van der Waals surface area contributed by atoms with E-state index in [9.17, 15) is 8.42 Å². The number of hydrogen-bond acceptors (Lipinski definition) is 3. The number of rotatable bonds is 8. The normalized spacial score (nSPS) is 20.7. The Morgan fingerprint density at radius 2 is 2.10 bits per heavy atom. The molecule has 6 heteroatoms. The highest BCUT2D eigenvalue weighted by Crippen LogP contribution is 2.48. The lowest BCUT2D eigenvalue weighted by Crippen LogP contribution is -2.29. The summed E-state index contributed by atoms with van der Waals surface area (Å²) < 4.78 is 29.5. The van der Waals surface area contributed by atoms with Crippen LogP contribution in [-0.2, 0) is 23.6 Å². The van der Waals surface area contributed by atoms with Crippen molar-refractivity contribution in [3.8, 4) is 0 Å². The quantitative estimate of drug-likeness (QED) is 0.769. The zero-order valence-electron chi connectivity index (χ0n) is 12.9. The summed E-state index contributed by atoms with van der Waals surface area (Å²) in [5.41, 5.74) is 1.23. The first-order valence-corrected chi connectivity index (χ1v) is 9.31. The van der Waals surface area contributed by atoms with Crippen LogP contribution in [0, 0.1) is 5.41 Å². The van der Waals surface area contributed by atoms with Crippen LogP contribution in [0.4, 0.5) is 0 Å². The second kappa shape index (κ2) is 5.41. The molecule has 118 valence electrons. The molecular weight excluding hydrogens is 286 g/mol. The van der Waals surface area contributed by atoms with Crippen molar-refractivity contribution in [2.45, 2.75) is 56.5 Å². The van der Waals surface area contributed by atoms with E-state index >= 15 is 0 Å². The standard InChI is InChI=1S/C15H25N3O2S/c1-3-15(6-7-15)11-17-21(19,20)14-8-13(18(2)10-14)9-16-12-4-5-12/h8,10,12,16-17H,3-7,9,11H2,1-2H3. The van der Waals surface area contributed by atoms with E-state index in [0.717, 1.165) is 31.5 Å². The molecule has 0 amide bonds. The molecule has 2 N–H and O–H groups in total. The lowest BCUT2D eigenvalue weighted by molar-refractivity contribution is 0.475. The van der Waals surface area contributed by atoms with Gasteiger partial charge in [-0.05, 0) is 43.6 Å². The van der Waals surface area contributed by atoms with Gasteiger partial charge in [-0.1, -0.05) is 6.92 Å². The number of nitrogens with one attached hydrogen (secondary N) is 2. The van der Waals surface area contributed by atoms with Gasteiger partial charge >= 0.3 is 0 Å². The molecule has 0 radical (unpaired) electrons. The smallest absolute Gasteiger partial charge is 0.242 e. The van der Waals surface area contributed by atoms with E-state index in [-0.39, 0.29) is 5.41 Å². The predicted octanol–water partition coefficient (Wildman–Crippen LogP) is 1.75. The van der Waals surface area contributed by atoms with E-state index in [4.69, 9.17) is 0 Å². The second-order valence-corrected chi connectivity index (χ2v) is 8.38. The summed E-state index contributed by atoms with van der Waals surface area (Å²) in [5.74, 6) is 0. The Balaban J connectivity index is 1.65. The maximum Gasteiger partial charge on any atom is 0.242 e. The molecule has 0 bridgehead atoms. The first-order chi connectivity index (χ1) is 9.94. The third kappa shape index (κ3) is 3.49. The van der Waals surface area contributed by atoms with Gasteiger partial charge in [-0.15, -0.1) is 0 Å². The highest BCUT2D eigenvalue weighted by atomic mass is 32.2. The van der Waals surface area contributed by atoms with Gasteiger partial charge in [-0.2, -0.15) is 0 Å². The molecule has 1 aromatic heterocycles. The van der Waals surface area contributed by atoms with Crippen molar-refractivity contribution >= 4 is 10.0 Å². The molecule has 0 spiro atoms. The molecule has 1 heterocycles. The third-order valence-electron chi connectivity index (χ3n) is 4.89. The molecular formula is C15H25N3O2S. The maximum absolute atomic E-state index is 12.4. The van der Waals surface area contributed by atoms with E-state index in [1.807, 2.05) is 11.6 Å². The van der Waals surface area contributed by atoms with Gasteiger partial charge < -0.3 is 9.88 Å². The van der Waals surface area contributed by atoms with E-state index in [0.29, 0.717) is 17.5 Å². The maximum atomic E-state index is 12.4. The fourth-order valence-corrected chi connectivity index (χ4v) is 3.85. The number of aryl methyl sites for hydroxylation is 1. The van der Waals surface area contributed by atoms with Crippen LogP contribution < -0.4 is 10.0 Å². The van der Waals surface area contributed by atoms with Crippen molar-refractivity contribution < 1.29 is 8.42 Å². The van der Waals surface area contributed by atoms with Crippen molar-refractivity contribution in [1.29, 1.82) is 0 Å². The minimum absolute atomic E-state index is 0.220. The summed E-state index contributed by atoms with van der Waals surface area (Å²) in [5, 5.41) is 3.42. The van der Waals surface area contributed by atoms with Crippen LogP contribution >= 0.6 is 0 Å². The Labute approximate surface area is 127 Å². The van der Waals surface area contributed by atoms with Crippen molar-refractivity contribution in [2.75, 3.05) is 6.54 Å². The molecule has 0 saturated heterocycles. The SMILES string of the molecule is CCC1(CNS(=O)(=O)c2cc(CNC3CC3)n(C)c2)CC1. The predicted molar refractivity (Wildman–Crippen MR) is 82.4 cm³/mol. The molecule has 0 aromatic carbocycles. The summed E-state index contributed by atoms with van der Waals surface area (Å²) in [6.07, 6.45) is 7.49. The number of sulfonamides is 1. The van der Waals surface area contributed by atoms with Gasteiger partial charge in [-0.3, -0.25) is 0 Å². The van der Waals surface area contributed by atoms with Gasteiger partial charge in [0, 0.05) is 38.1 Å². The Morgan fingerprint density at radius 1 is 1.38 bits per heavy atom. The molecule has 0 aliphatic heterocycles. The highest BCUT2D eigenvalue weighted by Gasteiger charge is 2.41. The lowest BCUT2D eigenvalue weighted by Gasteiger charge is -2.12. The summed E-state index contributed by atoms with van der Waals surface area (Å²) in [4.78, 5) is 0.379. The Hall–Kier alpha value is -0.850.